The van der Waals surface area contributed by atoms with E-state index in [1.54, 1.807) is 11.3 Å². The SMILES string of the molecule is CCCN(Cc1ccsc1)C(=O)Cc1ccc(SC(C)C)cc1. The Morgan fingerprint density at radius 1 is 1.17 bits per heavy atom. The Morgan fingerprint density at radius 2 is 1.91 bits per heavy atom. The summed E-state index contributed by atoms with van der Waals surface area (Å²) in [6.45, 7) is 8.03. The third-order valence-electron chi connectivity index (χ3n) is 3.45. The van der Waals surface area contributed by atoms with Crippen molar-refractivity contribution in [1.29, 1.82) is 0 Å². The van der Waals surface area contributed by atoms with Crippen LogP contribution in [-0.4, -0.2) is 22.6 Å². The molecule has 2 aromatic rings. The first-order chi connectivity index (χ1) is 11.1. The summed E-state index contributed by atoms with van der Waals surface area (Å²) in [5.74, 6) is 0.210. The van der Waals surface area contributed by atoms with E-state index in [0.29, 0.717) is 11.7 Å². The highest BCUT2D eigenvalue weighted by Crippen LogP contribution is 2.23. The van der Waals surface area contributed by atoms with Gasteiger partial charge >= 0.3 is 0 Å². The van der Waals surface area contributed by atoms with Crippen molar-refractivity contribution in [2.24, 2.45) is 0 Å². The molecule has 0 N–H and O–H groups in total. The molecule has 0 aliphatic rings. The molecule has 0 aliphatic carbocycles. The molecule has 0 fully saturated rings. The van der Waals surface area contributed by atoms with Crippen LogP contribution in [0.3, 0.4) is 0 Å². The van der Waals surface area contributed by atoms with Crippen molar-refractivity contribution < 1.29 is 4.79 Å². The molecule has 2 nitrogen and oxygen atoms in total. The first-order valence-corrected chi connectivity index (χ1v) is 9.95. The molecule has 1 aromatic heterocycles. The van der Waals surface area contributed by atoms with Gasteiger partial charge in [-0.15, -0.1) is 11.8 Å². The van der Waals surface area contributed by atoms with Gasteiger partial charge in [0.1, 0.15) is 0 Å². The summed E-state index contributed by atoms with van der Waals surface area (Å²) in [4.78, 5) is 15.9. The Bertz CT molecular complexity index is 590. The van der Waals surface area contributed by atoms with Gasteiger partial charge in [-0.2, -0.15) is 11.3 Å². The lowest BCUT2D eigenvalue weighted by Gasteiger charge is -2.22. The van der Waals surface area contributed by atoms with Crippen LogP contribution < -0.4 is 0 Å². The highest BCUT2D eigenvalue weighted by Gasteiger charge is 2.14. The van der Waals surface area contributed by atoms with Gasteiger partial charge in [0.15, 0.2) is 0 Å². The standard InChI is InChI=1S/C19H25NOS2/c1-4-10-20(13-17-9-11-22-14-17)19(21)12-16-5-7-18(8-6-16)23-15(2)3/h5-9,11,14-15H,4,10,12-13H2,1-3H3. The number of amides is 1. The lowest BCUT2D eigenvalue weighted by atomic mass is 10.1. The molecule has 1 amide bonds. The van der Waals surface area contributed by atoms with Gasteiger partial charge in [-0.05, 0) is 46.5 Å². The van der Waals surface area contributed by atoms with Crippen LogP contribution in [0, 0.1) is 0 Å². The molecule has 0 unspecified atom stereocenters. The molecule has 2 rings (SSSR count). The van der Waals surface area contributed by atoms with Gasteiger partial charge in [-0.1, -0.05) is 32.9 Å². The summed E-state index contributed by atoms with van der Waals surface area (Å²) in [6, 6.07) is 10.5. The van der Waals surface area contributed by atoms with E-state index < -0.39 is 0 Å². The smallest absolute Gasteiger partial charge is 0.227 e. The Morgan fingerprint density at radius 3 is 2.48 bits per heavy atom. The quantitative estimate of drug-likeness (QED) is 0.609. The minimum atomic E-state index is 0.210. The van der Waals surface area contributed by atoms with Gasteiger partial charge in [0.25, 0.3) is 0 Å². The molecule has 0 saturated heterocycles. The highest BCUT2D eigenvalue weighted by atomic mass is 32.2. The van der Waals surface area contributed by atoms with Crippen LogP contribution in [0.1, 0.15) is 38.3 Å². The number of benzene rings is 1. The average Bonchev–Trinajstić information content (AvgIpc) is 3.01. The molecule has 4 heteroatoms. The van der Waals surface area contributed by atoms with Crippen molar-refractivity contribution in [3.8, 4) is 0 Å². The van der Waals surface area contributed by atoms with Crippen molar-refractivity contribution in [3.63, 3.8) is 0 Å². The average molecular weight is 348 g/mol. The topological polar surface area (TPSA) is 20.3 Å². The van der Waals surface area contributed by atoms with E-state index in [-0.39, 0.29) is 5.91 Å². The monoisotopic (exact) mass is 347 g/mol. The highest BCUT2D eigenvalue weighted by molar-refractivity contribution is 7.99. The van der Waals surface area contributed by atoms with Crippen molar-refractivity contribution in [1.82, 2.24) is 4.90 Å². The van der Waals surface area contributed by atoms with Gasteiger partial charge in [0.2, 0.25) is 5.91 Å². The lowest BCUT2D eigenvalue weighted by molar-refractivity contribution is -0.131. The van der Waals surface area contributed by atoms with Crippen LogP contribution in [0.15, 0.2) is 46.0 Å². The van der Waals surface area contributed by atoms with Gasteiger partial charge < -0.3 is 4.90 Å². The van der Waals surface area contributed by atoms with E-state index in [1.165, 1.54) is 10.5 Å². The summed E-state index contributed by atoms with van der Waals surface area (Å²) in [6.07, 6.45) is 1.47. The minimum Gasteiger partial charge on any atom is -0.338 e. The lowest BCUT2D eigenvalue weighted by Crippen LogP contribution is -2.32. The zero-order valence-electron chi connectivity index (χ0n) is 14.1. The van der Waals surface area contributed by atoms with E-state index in [1.807, 2.05) is 16.7 Å². The summed E-state index contributed by atoms with van der Waals surface area (Å²) in [5.41, 5.74) is 2.31. The Balaban J connectivity index is 1.97. The number of hydrogen-bond acceptors (Lipinski definition) is 3. The number of thioether (sulfide) groups is 1. The zero-order chi connectivity index (χ0) is 16.7. The Labute approximate surface area is 147 Å². The maximum atomic E-state index is 12.6. The maximum Gasteiger partial charge on any atom is 0.227 e. The first-order valence-electron chi connectivity index (χ1n) is 8.13. The third-order valence-corrected chi connectivity index (χ3v) is 5.20. The molecule has 0 bridgehead atoms. The first kappa shape index (κ1) is 18.1. The van der Waals surface area contributed by atoms with Crippen molar-refractivity contribution in [3.05, 3.63) is 52.2 Å². The second-order valence-electron chi connectivity index (χ2n) is 5.93. The predicted molar refractivity (Wildman–Crippen MR) is 101 cm³/mol. The molecular formula is C19H25NOS2. The van der Waals surface area contributed by atoms with Crippen LogP contribution in [0.5, 0.6) is 0 Å². The molecule has 0 spiro atoms. The molecule has 0 radical (unpaired) electrons. The van der Waals surface area contributed by atoms with E-state index in [4.69, 9.17) is 0 Å². The fourth-order valence-electron chi connectivity index (χ4n) is 2.41. The normalized spacial score (nSPS) is 11.0. The molecule has 0 atom stereocenters. The number of thiophene rings is 1. The van der Waals surface area contributed by atoms with Crippen molar-refractivity contribution >= 4 is 29.0 Å². The van der Waals surface area contributed by atoms with Crippen LogP contribution in [-0.2, 0) is 17.8 Å². The van der Waals surface area contributed by atoms with Crippen LogP contribution >= 0.6 is 23.1 Å². The summed E-state index contributed by atoms with van der Waals surface area (Å²) in [7, 11) is 0. The van der Waals surface area contributed by atoms with Crippen molar-refractivity contribution in [2.75, 3.05) is 6.54 Å². The number of hydrogen-bond donors (Lipinski definition) is 0. The van der Waals surface area contributed by atoms with E-state index in [2.05, 4.69) is 61.9 Å². The fraction of sp³-hybridized carbons (Fsp3) is 0.421. The zero-order valence-corrected chi connectivity index (χ0v) is 15.8. The summed E-state index contributed by atoms with van der Waals surface area (Å²) < 4.78 is 0. The fourth-order valence-corrected chi connectivity index (χ4v) is 3.91. The second kappa shape index (κ2) is 9.14. The molecule has 23 heavy (non-hydrogen) atoms. The summed E-state index contributed by atoms with van der Waals surface area (Å²) >= 11 is 3.53. The van der Waals surface area contributed by atoms with Crippen LogP contribution in [0.4, 0.5) is 0 Å². The number of carbonyl (C=O) groups excluding carboxylic acids is 1. The second-order valence-corrected chi connectivity index (χ2v) is 8.36. The maximum absolute atomic E-state index is 12.6. The summed E-state index contributed by atoms with van der Waals surface area (Å²) in [5, 5.41) is 4.76. The van der Waals surface area contributed by atoms with E-state index in [0.717, 1.165) is 25.1 Å². The van der Waals surface area contributed by atoms with Gasteiger partial charge in [-0.25, -0.2) is 0 Å². The molecule has 0 aliphatic heterocycles. The van der Waals surface area contributed by atoms with Crippen molar-refractivity contribution in [2.45, 2.75) is 50.3 Å². The van der Waals surface area contributed by atoms with Gasteiger partial charge in [0, 0.05) is 23.2 Å². The number of nitrogens with zero attached hydrogens (tertiary/aromatic N) is 1. The van der Waals surface area contributed by atoms with E-state index in [9.17, 15) is 4.79 Å². The minimum absolute atomic E-state index is 0.210. The van der Waals surface area contributed by atoms with Crippen LogP contribution in [0.2, 0.25) is 0 Å². The third kappa shape index (κ3) is 6.04. The van der Waals surface area contributed by atoms with Crippen LogP contribution in [0.25, 0.3) is 0 Å². The molecule has 1 heterocycles. The predicted octanol–water partition coefficient (Wildman–Crippen LogP) is 5.23. The Kier molecular flexibility index (Phi) is 7.18. The van der Waals surface area contributed by atoms with Gasteiger partial charge in [0.05, 0.1) is 6.42 Å². The van der Waals surface area contributed by atoms with Gasteiger partial charge in [-0.3, -0.25) is 4.79 Å². The molecule has 1 aromatic carbocycles. The number of rotatable bonds is 8. The molecule has 0 saturated carbocycles. The Hall–Kier alpha value is -1.26. The largest absolute Gasteiger partial charge is 0.338 e. The molecule has 124 valence electrons. The molecular weight excluding hydrogens is 322 g/mol. The van der Waals surface area contributed by atoms with E-state index >= 15 is 0 Å². The number of carbonyl (C=O) groups is 1.